The van der Waals surface area contributed by atoms with Crippen molar-refractivity contribution in [2.75, 3.05) is 0 Å². The van der Waals surface area contributed by atoms with Crippen LogP contribution in [0, 0.1) is 11.8 Å². The highest BCUT2D eigenvalue weighted by Crippen LogP contribution is 2.16. The normalized spacial score (nSPS) is 10.6. The van der Waals surface area contributed by atoms with Gasteiger partial charge in [0.05, 0.1) is 5.69 Å². The molecule has 0 unspecified atom stereocenters. The molecule has 0 bridgehead atoms. The molecule has 5 nitrogen and oxygen atoms in total. The highest BCUT2D eigenvalue weighted by molar-refractivity contribution is 7.71. The number of aryl methyl sites for hydroxylation is 2. The Hall–Kier alpha value is -1.43. The zero-order chi connectivity index (χ0) is 9.42. The van der Waals surface area contributed by atoms with E-state index in [2.05, 4.69) is 15.3 Å². The SMILES string of the molecule is Cc1cc(-c2n[nH]c(=S)o2)n(C)n1. The minimum absolute atomic E-state index is 0.272. The van der Waals surface area contributed by atoms with Crippen molar-refractivity contribution in [2.45, 2.75) is 6.92 Å². The Bertz CT molecular complexity index is 481. The predicted molar refractivity (Wildman–Crippen MR) is 48.6 cm³/mol. The second-order valence-electron chi connectivity index (χ2n) is 2.71. The van der Waals surface area contributed by atoms with Crippen LogP contribution in [0.25, 0.3) is 11.6 Å². The van der Waals surface area contributed by atoms with Crippen LogP contribution < -0.4 is 0 Å². The third-order valence-corrected chi connectivity index (χ3v) is 1.83. The highest BCUT2D eigenvalue weighted by atomic mass is 32.1. The highest BCUT2D eigenvalue weighted by Gasteiger charge is 2.09. The van der Waals surface area contributed by atoms with E-state index in [4.69, 9.17) is 16.6 Å². The molecule has 0 radical (unpaired) electrons. The molecule has 0 aliphatic heterocycles. The maximum atomic E-state index is 5.15. The molecular formula is C7H8N4OS. The van der Waals surface area contributed by atoms with Crippen molar-refractivity contribution in [3.63, 3.8) is 0 Å². The molecule has 0 aliphatic rings. The molecule has 0 atom stereocenters. The standard InChI is InChI=1S/C7H8N4OS/c1-4-3-5(11(2)10-4)6-8-9-7(13)12-6/h3H,1-2H3,(H,9,13). The first kappa shape index (κ1) is 8.18. The summed E-state index contributed by atoms with van der Waals surface area (Å²) in [5.41, 5.74) is 1.73. The van der Waals surface area contributed by atoms with E-state index >= 15 is 0 Å². The Morgan fingerprint density at radius 1 is 1.62 bits per heavy atom. The minimum atomic E-state index is 0.272. The Morgan fingerprint density at radius 2 is 2.38 bits per heavy atom. The van der Waals surface area contributed by atoms with E-state index in [1.165, 1.54) is 0 Å². The number of aromatic nitrogens is 4. The fourth-order valence-electron chi connectivity index (χ4n) is 1.15. The number of nitrogens with zero attached hydrogens (tertiary/aromatic N) is 3. The van der Waals surface area contributed by atoms with E-state index in [9.17, 15) is 0 Å². The van der Waals surface area contributed by atoms with Crippen molar-refractivity contribution < 1.29 is 4.42 Å². The van der Waals surface area contributed by atoms with Gasteiger partial charge in [0, 0.05) is 7.05 Å². The Balaban J connectivity index is 2.57. The topological polar surface area (TPSA) is 59.6 Å². The van der Waals surface area contributed by atoms with Crippen LogP contribution in [-0.2, 0) is 7.05 Å². The molecule has 2 aromatic rings. The van der Waals surface area contributed by atoms with Crippen molar-refractivity contribution in [3.05, 3.63) is 16.6 Å². The number of hydrogen-bond acceptors (Lipinski definition) is 4. The monoisotopic (exact) mass is 196 g/mol. The maximum Gasteiger partial charge on any atom is 0.284 e. The molecule has 68 valence electrons. The zero-order valence-corrected chi connectivity index (χ0v) is 8.05. The van der Waals surface area contributed by atoms with Gasteiger partial charge in [0.25, 0.3) is 10.7 Å². The smallest absolute Gasteiger partial charge is 0.284 e. The first-order valence-electron chi connectivity index (χ1n) is 3.73. The number of rotatable bonds is 1. The molecule has 6 heteroatoms. The van der Waals surface area contributed by atoms with Crippen LogP contribution in [0.15, 0.2) is 10.5 Å². The van der Waals surface area contributed by atoms with Crippen LogP contribution in [0.5, 0.6) is 0 Å². The van der Waals surface area contributed by atoms with Crippen molar-refractivity contribution in [2.24, 2.45) is 7.05 Å². The number of hydrogen-bond donors (Lipinski definition) is 1. The van der Waals surface area contributed by atoms with Crippen LogP contribution in [0.1, 0.15) is 5.69 Å². The van der Waals surface area contributed by atoms with Gasteiger partial charge in [0.1, 0.15) is 5.69 Å². The van der Waals surface area contributed by atoms with E-state index in [-0.39, 0.29) is 4.84 Å². The lowest BCUT2D eigenvalue weighted by Crippen LogP contribution is -1.93. The third kappa shape index (κ3) is 1.40. The lowest BCUT2D eigenvalue weighted by Gasteiger charge is -1.92. The first-order valence-corrected chi connectivity index (χ1v) is 4.14. The molecule has 2 rings (SSSR count). The van der Waals surface area contributed by atoms with Crippen LogP contribution >= 0.6 is 12.2 Å². The van der Waals surface area contributed by atoms with Gasteiger partial charge >= 0.3 is 0 Å². The van der Waals surface area contributed by atoms with Gasteiger partial charge in [0.2, 0.25) is 0 Å². The molecule has 0 aromatic carbocycles. The van der Waals surface area contributed by atoms with Crippen molar-refractivity contribution in [1.29, 1.82) is 0 Å². The molecular weight excluding hydrogens is 188 g/mol. The number of nitrogens with one attached hydrogen (secondary N) is 1. The number of aromatic amines is 1. The summed E-state index contributed by atoms with van der Waals surface area (Å²) in [5.74, 6) is 0.466. The lowest BCUT2D eigenvalue weighted by atomic mass is 10.4. The van der Waals surface area contributed by atoms with E-state index in [1.807, 2.05) is 20.0 Å². The van der Waals surface area contributed by atoms with Gasteiger partial charge in [-0.3, -0.25) is 4.68 Å². The molecule has 2 aromatic heterocycles. The fraction of sp³-hybridized carbons (Fsp3) is 0.286. The summed E-state index contributed by atoms with van der Waals surface area (Å²) in [6.45, 7) is 1.91. The van der Waals surface area contributed by atoms with Crippen molar-refractivity contribution in [1.82, 2.24) is 20.0 Å². The summed E-state index contributed by atoms with van der Waals surface area (Å²) in [4.78, 5) is 0.272. The summed E-state index contributed by atoms with van der Waals surface area (Å²) in [6.07, 6.45) is 0. The van der Waals surface area contributed by atoms with Crippen LogP contribution in [0.2, 0.25) is 0 Å². The summed E-state index contributed by atoms with van der Waals surface area (Å²) < 4.78 is 6.85. The van der Waals surface area contributed by atoms with E-state index in [1.54, 1.807) is 4.68 Å². The molecule has 0 spiro atoms. The minimum Gasteiger partial charge on any atom is -0.408 e. The molecule has 2 heterocycles. The van der Waals surface area contributed by atoms with Gasteiger partial charge in [-0.1, -0.05) is 0 Å². The van der Waals surface area contributed by atoms with Gasteiger partial charge in [-0.15, -0.1) is 5.10 Å². The first-order chi connectivity index (χ1) is 6.16. The second kappa shape index (κ2) is 2.81. The van der Waals surface area contributed by atoms with Crippen molar-refractivity contribution >= 4 is 12.2 Å². The Kier molecular flexibility index (Phi) is 1.77. The average Bonchev–Trinajstić information content (AvgIpc) is 2.58. The summed E-state index contributed by atoms with van der Waals surface area (Å²) >= 11 is 4.77. The second-order valence-corrected chi connectivity index (χ2v) is 3.08. The molecule has 13 heavy (non-hydrogen) atoms. The lowest BCUT2D eigenvalue weighted by molar-refractivity contribution is 0.544. The van der Waals surface area contributed by atoms with Crippen molar-refractivity contribution in [3.8, 4) is 11.6 Å². The van der Waals surface area contributed by atoms with Crippen LogP contribution in [0.3, 0.4) is 0 Å². The molecule has 0 saturated carbocycles. The average molecular weight is 196 g/mol. The molecule has 0 saturated heterocycles. The third-order valence-electron chi connectivity index (χ3n) is 1.66. The van der Waals surface area contributed by atoms with Gasteiger partial charge in [-0.2, -0.15) is 5.10 Å². The largest absolute Gasteiger partial charge is 0.408 e. The maximum absolute atomic E-state index is 5.15. The summed E-state index contributed by atoms with van der Waals surface area (Å²) in [6, 6.07) is 1.88. The Morgan fingerprint density at radius 3 is 2.85 bits per heavy atom. The molecule has 0 aliphatic carbocycles. The quantitative estimate of drug-likeness (QED) is 0.701. The van der Waals surface area contributed by atoms with Gasteiger partial charge in [-0.05, 0) is 25.2 Å². The fourth-order valence-corrected chi connectivity index (χ4v) is 1.27. The number of H-pyrrole nitrogens is 1. The zero-order valence-electron chi connectivity index (χ0n) is 7.24. The molecule has 1 N–H and O–H groups in total. The van der Waals surface area contributed by atoms with E-state index < -0.39 is 0 Å². The van der Waals surface area contributed by atoms with Crippen LogP contribution in [-0.4, -0.2) is 20.0 Å². The van der Waals surface area contributed by atoms with E-state index in [0.717, 1.165) is 11.4 Å². The van der Waals surface area contributed by atoms with E-state index in [0.29, 0.717) is 5.89 Å². The van der Waals surface area contributed by atoms with Crippen LogP contribution in [0.4, 0.5) is 0 Å². The Labute approximate surface area is 79.4 Å². The van der Waals surface area contributed by atoms with Gasteiger partial charge in [-0.25, -0.2) is 5.10 Å². The van der Waals surface area contributed by atoms with Gasteiger partial charge in [0.15, 0.2) is 0 Å². The summed E-state index contributed by atoms with van der Waals surface area (Å²) in [5, 5.41) is 10.6. The molecule has 0 fully saturated rings. The predicted octanol–water partition coefficient (Wildman–Crippen LogP) is 1.44. The van der Waals surface area contributed by atoms with Gasteiger partial charge < -0.3 is 4.42 Å². The molecule has 0 amide bonds. The summed E-state index contributed by atoms with van der Waals surface area (Å²) in [7, 11) is 1.83.